The van der Waals surface area contributed by atoms with E-state index in [0.29, 0.717) is 24.5 Å². The lowest BCUT2D eigenvalue weighted by molar-refractivity contribution is -0.139. The van der Waals surface area contributed by atoms with E-state index >= 15 is 0 Å². The number of allylic oxidation sites excluding steroid dienone is 1. The molecule has 2 aliphatic rings. The average molecular weight is 421 g/mol. The van der Waals surface area contributed by atoms with Gasteiger partial charge >= 0.3 is 5.97 Å². The van der Waals surface area contributed by atoms with Crippen molar-refractivity contribution in [1.29, 1.82) is 0 Å². The average Bonchev–Trinajstić information content (AvgIpc) is 3.20. The van der Waals surface area contributed by atoms with Gasteiger partial charge in [-0.05, 0) is 49.4 Å². The van der Waals surface area contributed by atoms with Crippen LogP contribution in [0, 0.1) is 6.92 Å². The van der Waals surface area contributed by atoms with Gasteiger partial charge in [0.2, 0.25) is 0 Å². The summed E-state index contributed by atoms with van der Waals surface area (Å²) >= 11 is 1.55. The first-order chi connectivity index (χ1) is 14.6. The molecule has 30 heavy (non-hydrogen) atoms. The highest BCUT2D eigenvalue weighted by atomic mass is 32.2. The highest BCUT2D eigenvalue weighted by Gasteiger charge is 2.37. The number of aliphatic imine (C=N–C) groups is 1. The molecule has 0 spiro atoms. The van der Waals surface area contributed by atoms with Gasteiger partial charge in [-0.1, -0.05) is 53.7 Å². The van der Waals surface area contributed by atoms with E-state index in [0.717, 1.165) is 22.0 Å². The van der Waals surface area contributed by atoms with E-state index < -0.39 is 0 Å². The molecule has 6 heteroatoms. The lowest BCUT2D eigenvalue weighted by Crippen LogP contribution is -2.34. The number of hydrogen-bond donors (Lipinski definition) is 0. The molecule has 4 rings (SSSR count). The number of hydrogen-bond acceptors (Lipinski definition) is 6. The Hall–Kier alpha value is -2.99. The highest BCUT2D eigenvalue weighted by Crippen LogP contribution is 2.41. The van der Waals surface area contributed by atoms with E-state index in [9.17, 15) is 4.79 Å². The van der Waals surface area contributed by atoms with Crippen molar-refractivity contribution < 1.29 is 14.3 Å². The molecule has 0 saturated heterocycles. The maximum atomic E-state index is 12.7. The Kier molecular flexibility index (Phi) is 5.95. The zero-order valence-electron chi connectivity index (χ0n) is 17.3. The number of carbonyl (C=O) groups is 1. The van der Waals surface area contributed by atoms with Crippen molar-refractivity contribution in [1.82, 2.24) is 4.90 Å². The quantitative estimate of drug-likeness (QED) is 0.590. The van der Waals surface area contributed by atoms with Crippen LogP contribution in [0.5, 0.6) is 5.75 Å². The first-order valence-electron chi connectivity index (χ1n) is 9.93. The Morgan fingerprint density at radius 2 is 1.97 bits per heavy atom. The SMILES string of the molecule is CCOC(=O)C1=C(C)N=C2SC=CN2[C@@H]1c1ccc(OCc2cccc(C)c2)cc1. The molecule has 2 aliphatic heterocycles. The van der Waals surface area contributed by atoms with Crippen molar-refractivity contribution in [2.24, 2.45) is 4.99 Å². The fourth-order valence-corrected chi connectivity index (χ4v) is 4.40. The number of ether oxygens (including phenoxy) is 2. The molecule has 154 valence electrons. The molecule has 0 unspecified atom stereocenters. The molecule has 0 amide bonds. The third-order valence-electron chi connectivity index (χ3n) is 5.00. The van der Waals surface area contributed by atoms with Gasteiger partial charge in [-0.2, -0.15) is 0 Å². The van der Waals surface area contributed by atoms with Crippen molar-refractivity contribution in [2.45, 2.75) is 33.4 Å². The summed E-state index contributed by atoms with van der Waals surface area (Å²) in [4.78, 5) is 19.3. The molecule has 0 N–H and O–H groups in total. The maximum absolute atomic E-state index is 12.7. The molecule has 0 aliphatic carbocycles. The highest BCUT2D eigenvalue weighted by molar-refractivity contribution is 8.16. The zero-order valence-corrected chi connectivity index (χ0v) is 18.1. The number of nitrogens with zero attached hydrogens (tertiary/aromatic N) is 2. The number of esters is 1. The van der Waals surface area contributed by atoms with E-state index in [2.05, 4.69) is 30.1 Å². The van der Waals surface area contributed by atoms with Crippen molar-refractivity contribution in [3.05, 3.63) is 88.1 Å². The predicted octanol–water partition coefficient (Wildman–Crippen LogP) is 5.34. The van der Waals surface area contributed by atoms with Crippen molar-refractivity contribution in [3.63, 3.8) is 0 Å². The smallest absolute Gasteiger partial charge is 0.338 e. The monoisotopic (exact) mass is 420 g/mol. The third kappa shape index (κ3) is 4.14. The molecular formula is C24H24N2O3S. The summed E-state index contributed by atoms with van der Waals surface area (Å²) in [6, 6.07) is 15.9. The van der Waals surface area contributed by atoms with Crippen LogP contribution in [0.3, 0.4) is 0 Å². The van der Waals surface area contributed by atoms with Crippen LogP contribution in [0.4, 0.5) is 0 Å². The number of benzene rings is 2. The lowest BCUT2D eigenvalue weighted by Gasteiger charge is -2.33. The fraction of sp³-hybridized carbons (Fsp3) is 0.250. The van der Waals surface area contributed by atoms with Crippen molar-refractivity contribution >= 4 is 22.9 Å². The van der Waals surface area contributed by atoms with Crippen LogP contribution in [0.2, 0.25) is 0 Å². The minimum Gasteiger partial charge on any atom is -0.489 e. The van der Waals surface area contributed by atoms with E-state index in [4.69, 9.17) is 9.47 Å². The summed E-state index contributed by atoms with van der Waals surface area (Å²) in [6.45, 7) is 6.59. The van der Waals surface area contributed by atoms with Gasteiger partial charge in [-0.15, -0.1) is 0 Å². The number of rotatable bonds is 6. The van der Waals surface area contributed by atoms with E-state index in [1.165, 1.54) is 5.56 Å². The van der Waals surface area contributed by atoms with Crippen molar-refractivity contribution in [3.8, 4) is 5.75 Å². The van der Waals surface area contributed by atoms with Crippen LogP contribution in [0.1, 0.15) is 36.6 Å². The van der Waals surface area contributed by atoms with Crippen LogP contribution in [-0.2, 0) is 16.1 Å². The first kappa shape index (κ1) is 20.3. The molecule has 2 heterocycles. The second kappa shape index (κ2) is 8.79. The Bertz CT molecular complexity index is 1040. The zero-order chi connectivity index (χ0) is 21.1. The number of aryl methyl sites for hydroxylation is 1. The summed E-state index contributed by atoms with van der Waals surface area (Å²) in [5, 5.41) is 2.84. The van der Waals surface area contributed by atoms with Gasteiger partial charge < -0.3 is 14.4 Å². The molecule has 0 fully saturated rings. The number of thioether (sulfide) groups is 1. The van der Waals surface area contributed by atoms with Gasteiger partial charge in [0.15, 0.2) is 5.17 Å². The van der Waals surface area contributed by atoms with Gasteiger partial charge in [0.05, 0.1) is 23.9 Å². The van der Waals surface area contributed by atoms with Crippen LogP contribution in [0.15, 0.2) is 76.4 Å². The maximum Gasteiger partial charge on any atom is 0.338 e. The minimum absolute atomic E-state index is 0.270. The molecule has 5 nitrogen and oxygen atoms in total. The Labute approximate surface area is 181 Å². The molecule has 0 radical (unpaired) electrons. The molecule has 2 aromatic rings. The number of fused-ring (bicyclic) bond motifs is 1. The molecule has 0 saturated carbocycles. The van der Waals surface area contributed by atoms with E-state index in [1.807, 2.05) is 60.7 Å². The van der Waals surface area contributed by atoms with Crippen LogP contribution < -0.4 is 4.74 Å². The Morgan fingerprint density at radius 1 is 1.17 bits per heavy atom. The summed E-state index contributed by atoms with van der Waals surface area (Å²) < 4.78 is 11.3. The summed E-state index contributed by atoms with van der Waals surface area (Å²) in [5.74, 6) is 0.461. The van der Waals surface area contributed by atoms with Crippen LogP contribution in [-0.4, -0.2) is 22.6 Å². The van der Waals surface area contributed by atoms with Crippen molar-refractivity contribution in [2.75, 3.05) is 6.61 Å². The molecule has 2 aromatic carbocycles. The van der Waals surface area contributed by atoms with E-state index in [1.54, 1.807) is 11.8 Å². The second-order valence-corrected chi connectivity index (χ2v) is 8.05. The summed E-state index contributed by atoms with van der Waals surface area (Å²) in [7, 11) is 0. The largest absolute Gasteiger partial charge is 0.489 e. The third-order valence-corrected chi connectivity index (χ3v) is 5.77. The standard InChI is InChI=1S/C24H24N2O3S/c1-4-28-23(27)21-17(3)25-24-26(12-13-30-24)22(21)19-8-10-20(11-9-19)29-15-18-7-5-6-16(2)14-18/h5-14,22H,4,15H2,1-3H3/t22-/m1/s1. The summed E-state index contributed by atoms with van der Waals surface area (Å²) in [5.41, 5.74) is 4.60. The molecule has 1 atom stereocenters. The normalized spacial score (nSPS) is 17.6. The molecule has 0 bridgehead atoms. The predicted molar refractivity (Wildman–Crippen MR) is 120 cm³/mol. The Balaban J connectivity index is 1.57. The topological polar surface area (TPSA) is 51.1 Å². The Morgan fingerprint density at radius 3 is 2.70 bits per heavy atom. The van der Waals surface area contributed by atoms with Gasteiger partial charge in [-0.3, -0.25) is 0 Å². The fourth-order valence-electron chi connectivity index (χ4n) is 3.61. The molecular weight excluding hydrogens is 396 g/mol. The van der Waals surface area contributed by atoms with Gasteiger partial charge in [0.25, 0.3) is 0 Å². The van der Waals surface area contributed by atoms with Gasteiger partial charge in [0.1, 0.15) is 12.4 Å². The first-order valence-corrected chi connectivity index (χ1v) is 10.8. The number of amidine groups is 1. The van der Waals surface area contributed by atoms with E-state index in [-0.39, 0.29) is 12.0 Å². The minimum atomic E-state index is -0.326. The van der Waals surface area contributed by atoms with Crippen LogP contribution in [0.25, 0.3) is 0 Å². The van der Waals surface area contributed by atoms with Gasteiger partial charge in [-0.25, -0.2) is 9.79 Å². The molecule has 0 aromatic heterocycles. The summed E-state index contributed by atoms with van der Waals surface area (Å²) in [6.07, 6.45) is 1.96. The lowest BCUT2D eigenvalue weighted by atomic mass is 9.95. The van der Waals surface area contributed by atoms with Gasteiger partial charge in [0, 0.05) is 6.20 Å². The van der Waals surface area contributed by atoms with Crippen LogP contribution >= 0.6 is 11.8 Å². The number of carbonyl (C=O) groups excluding carboxylic acids is 1. The second-order valence-electron chi connectivity index (χ2n) is 7.17.